The molecule has 0 amide bonds. The van der Waals surface area contributed by atoms with Gasteiger partial charge < -0.3 is 20.4 Å². The summed E-state index contributed by atoms with van der Waals surface area (Å²) in [6.07, 6.45) is 1.61. The highest BCUT2D eigenvalue weighted by atomic mass is 32.1. The van der Waals surface area contributed by atoms with Crippen molar-refractivity contribution in [1.82, 2.24) is 10.2 Å². The van der Waals surface area contributed by atoms with Gasteiger partial charge in [0.1, 0.15) is 0 Å². The van der Waals surface area contributed by atoms with E-state index >= 15 is 0 Å². The summed E-state index contributed by atoms with van der Waals surface area (Å²) in [6, 6.07) is 11.9. The molecule has 0 radical (unpaired) electrons. The average Bonchev–Trinajstić information content (AvgIpc) is 2.59. The van der Waals surface area contributed by atoms with Crippen LogP contribution in [0, 0.1) is 6.92 Å². The molecule has 0 aliphatic carbocycles. The number of phenolic OH excluding ortho intramolecular Hbond substituents is 2. The summed E-state index contributed by atoms with van der Waals surface area (Å²) in [6.45, 7) is 4.27. The molecule has 2 aromatic carbocycles. The van der Waals surface area contributed by atoms with Gasteiger partial charge in [0.05, 0.1) is 0 Å². The third-order valence-electron chi connectivity index (χ3n) is 4.45. The number of nitrogens with one attached hydrogen (secondary N) is 1. The second-order valence-corrected chi connectivity index (χ2v) is 6.60. The number of nitrogens with zero attached hydrogens (tertiary/aromatic N) is 1. The van der Waals surface area contributed by atoms with Gasteiger partial charge in [-0.2, -0.15) is 0 Å². The first kappa shape index (κ1) is 16.6. The molecular formula is C19H22N2O2S. The zero-order chi connectivity index (χ0) is 17.1. The highest BCUT2D eigenvalue weighted by Gasteiger charge is 2.22. The fraction of sp³-hybridized carbons (Fsp3) is 0.316. The molecule has 1 heterocycles. The van der Waals surface area contributed by atoms with Crippen molar-refractivity contribution in [3.05, 3.63) is 58.7 Å². The lowest BCUT2D eigenvalue weighted by Crippen LogP contribution is -2.43. The van der Waals surface area contributed by atoms with Gasteiger partial charge in [-0.1, -0.05) is 35.9 Å². The Kier molecular flexibility index (Phi) is 4.90. The Morgan fingerprint density at radius 2 is 1.92 bits per heavy atom. The summed E-state index contributed by atoms with van der Waals surface area (Å²) in [5, 5.41) is 23.6. The molecule has 24 heavy (non-hydrogen) atoms. The Hall–Kier alpha value is -2.27. The minimum atomic E-state index is -0.0546. The van der Waals surface area contributed by atoms with Gasteiger partial charge in [-0.15, -0.1) is 0 Å². The zero-order valence-electron chi connectivity index (χ0n) is 13.7. The van der Waals surface area contributed by atoms with Crippen molar-refractivity contribution in [2.24, 2.45) is 0 Å². The van der Waals surface area contributed by atoms with Crippen molar-refractivity contribution < 1.29 is 10.2 Å². The second kappa shape index (κ2) is 7.09. The molecule has 0 saturated heterocycles. The molecule has 3 rings (SSSR count). The molecule has 2 aromatic rings. The Labute approximate surface area is 147 Å². The van der Waals surface area contributed by atoms with E-state index in [1.54, 1.807) is 0 Å². The van der Waals surface area contributed by atoms with Gasteiger partial charge >= 0.3 is 0 Å². The first-order valence-electron chi connectivity index (χ1n) is 8.15. The summed E-state index contributed by atoms with van der Waals surface area (Å²) in [5.41, 5.74) is 4.40. The van der Waals surface area contributed by atoms with Crippen molar-refractivity contribution in [3.63, 3.8) is 0 Å². The summed E-state index contributed by atoms with van der Waals surface area (Å²) in [4.78, 5) is 2.10. The minimum Gasteiger partial charge on any atom is -0.504 e. The van der Waals surface area contributed by atoms with Crippen LogP contribution in [0.1, 0.15) is 22.3 Å². The third-order valence-corrected chi connectivity index (χ3v) is 4.85. The standard InChI is InChI=1S/C19H22N2O2S/c1-13-2-4-14(5-3-13)8-10-20-19(24)21-11-9-16-15(12-21)6-7-17(22)18(16)23/h2-7,22-23H,8-12H2,1H3,(H,20,24). The predicted molar refractivity (Wildman–Crippen MR) is 99.4 cm³/mol. The van der Waals surface area contributed by atoms with Crippen molar-refractivity contribution in [1.29, 1.82) is 0 Å². The van der Waals surface area contributed by atoms with Crippen LogP contribution in [0.5, 0.6) is 11.5 Å². The van der Waals surface area contributed by atoms with Gasteiger partial charge in [-0.05, 0) is 49.2 Å². The molecule has 0 saturated carbocycles. The number of fused-ring (bicyclic) bond motifs is 1. The summed E-state index contributed by atoms with van der Waals surface area (Å²) < 4.78 is 0. The van der Waals surface area contributed by atoms with Crippen LogP contribution in [-0.2, 0) is 19.4 Å². The molecule has 1 aliphatic rings. The van der Waals surface area contributed by atoms with Gasteiger partial charge in [-0.25, -0.2) is 0 Å². The van der Waals surface area contributed by atoms with Crippen LogP contribution < -0.4 is 5.32 Å². The summed E-state index contributed by atoms with van der Waals surface area (Å²) >= 11 is 5.50. The maximum absolute atomic E-state index is 9.94. The number of thiocarbonyl (C=S) groups is 1. The van der Waals surface area contributed by atoms with Crippen LogP contribution in [0.25, 0.3) is 0 Å². The van der Waals surface area contributed by atoms with Crippen LogP contribution in [0.15, 0.2) is 36.4 Å². The van der Waals surface area contributed by atoms with E-state index in [2.05, 4.69) is 41.4 Å². The number of phenols is 2. The molecule has 0 fully saturated rings. The molecule has 0 bridgehead atoms. The molecule has 0 atom stereocenters. The monoisotopic (exact) mass is 342 g/mol. The largest absolute Gasteiger partial charge is 0.504 e. The Bertz CT molecular complexity index is 744. The Morgan fingerprint density at radius 3 is 2.67 bits per heavy atom. The first-order valence-corrected chi connectivity index (χ1v) is 8.56. The van der Waals surface area contributed by atoms with Crippen molar-refractivity contribution >= 4 is 17.3 Å². The number of benzene rings is 2. The number of rotatable bonds is 3. The van der Waals surface area contributed by atoms with Crippen LogP contribution in [0.4, 0.5) is 0 Å². The lowest BCUT2D eigenvalue weighted by molar-refractivity contribution is 0.363. The summed E-state index contributed by atoms with van der Waals surface area (Å²) in [5.74, 6) is -0.0496. The maximum atomic E-state index is 9.94. The lowest BCUT2D eigenvalue weighted by Gasteiger charge is -2.31. The normalized spacial score (nSPS) is 13.5. The Morgan fingerprint density at radius 1 is 1.17 bits per heavy atom. The first-order chi connectivity index (χ1) is 11.5. The maximum Gasteiger partial charge on any atom is 0.169 e. The topological polar surface area (TPSA) is 55.7 Å². The highest BCUT2D eigenvalue weighted by Crippen LogP contribution is 2.34. The molecule has 1 aliphatic heterocycles. The zero-order valence-corrected chi connectivity index (χ0v) is 14.6. The van der Waals surface area contributed by atoms with Crippen LogP contribution in [0.2, 0.25) is 0 Å². The number of aromatic hydroxyl groups is 2. The molecule has 0 spiro atoms. The summed E-state index contributed by atoms with van der Waals surface area (Å²) in [7, 11) is 0. The quantitative estimate of drug-likeness (QED) is 0.591. The molecule has 0 aromatic heterocycles. The van der Waals surface area contributed by atoms with Gasteiger partial charge in [0.15, 0.2) is 16.6 Å². The number of hydrogen-bond acceptors (Lipinski definition) is 3. The number of aryl methyl sites for hydroxylation is 1. The average molecular weight is 342 g/mol. The van der Waals surface area contributed by atoms with Crippen LogP contribution >= 0.6 is 12.2 Å². The fourth-order valence-corrected chi connectivity index (χ4v) is 3.24. The van der Waals surface area contributed by atoms with E-state index in [9.17, 15) is 10.2 Å². The van der Waals surface area contributed by atoms with Gasteiger partial charge in [-0.3, -0.25) is 0 Å². The van der Waals surface area contributed by atoms with E-state index in [-0.39, 0.29) is 11.5 Å². The van der Waals surface area contributed by atoms with Crippen molar-refractivity contribution in [2.75, 3.05) is 13.1 Å². The van der Waals surface area contributed by atoms with E-state index in [1.165, 1.54) is 17.2 Å². The van der Waals surface area contributed by atoms with Crippen LogP contribution in [0.3, 0.4) is 0 Å². The SMILES string of the molecule is Cc1ccc(CCNC(=S)N2CCc3c(ccc(O)c3O)C2)cc1. The second-order valence-electron chi connectivity index (χ2n) is 6.21. The third kappa shape index (κ3) is 3.62. The predicted octanol–water partition coefficient (Wildman–Crippen LogP) is 2.88. The highest BCUT2D eigenvalue weighted by molar-refractivity contribution is 7.80. The van der Waals surface area contributed by atoms with Crippen molar-refractivity contribution in [3.8, 4) is 11.5 Å². The fourth-order valence-electron chi connectivity index (χ4n) is 2.98. The van der Waals surface area contributed by atoms with E-state index in [0.29, 0.717) is 13.0 Å². The van der Waals surface area contributed by atoms with Gasteiger partial charge in [0.2, 0.25) is 0 Å². The smallest absolute Gasteiger partial charge is 0.169 e. The number of hydrogen-bond donors (Lipinski definition) is 3. The van der Waals surface area contributed by atoms with E-state index in [4.69, 9.17) is 12.2 Å². The molecule has 5 heteroatoms. The lowest BCUT2D eigenvalue weighted by atomic mass is 9.98. The molecular weight excluding hydrogens is 320 g/mol. The van der Waals surface area contributed by atoms with Crippen LogP contribution in [-0.4, -0.2) is 33.3 Å². The van der Waals surface area contributed by atoms with E-state index < -0.39 is 0 Å². The van der Waals surface area contributed by atoms with Crippen molar-refractivity contribution in [2.45, 2.75) is 26.3 Å². The van der Waals surface area contributed by atoms with E-state index in [0.717, 1.165) is 35.7 Å². The molecule has 4 nitrogen and oxygen atoms in total. The Balaban J connectivity index is 1.54. The molecule has 126 valence electrons. The van der Waals surface area contributed by atoms with Gasteiger partial charge in [0, 0.05) is 25.2 Å². The molecule has 3 N–H and O–H groups in total. The van der Waals surface area contributed by atoms with E-state index in [1.807, 2.05) is 6.07 Å². The van der Waals surface area contributed by atoms with Gasteiger partial charge in [0.25, 0.3) is 0 Å². The molecule has 0 unspecified atom stereocenters. The minimum absolute atomic E-state index is 0.00500.